The average Bonchev–Trinajstić information content (AvgIpc) is 2.28. The first-order valence-corrected chi connectivity index (χ1v) is 5.35. The monoisotopic (exact) mass is 241 g/mol. The highest BCUT2D eigenvalue weighted by molar-refractivity contribution is 5.75. The third-order valence-electron chi connectivity index (χ3n) is 2.30. The first-order valence-electron chi connectivity index (χ1n) is 5.35. The van der Waals surface area contributed by atoms with Gasteiger partial charge in [0.25, 0.3) is 0 Å². The Kier molecular flexibility index (Phi) is 4.90. The normalized spacial score (nSPS) is 12.0. The van der Waals surface area contributed by atoms with Gasteiger partial charge in [-0.25, -0.2) is 4.39 Å². The fourth-order valence-electron chi connectivity index (χ4n) is 1.32. The van der Waals surface area contributed by atoms with E-state index in [1.165, 1.54) is 19.1 Å². The van der Waals surface area contributed by atoms with Crippen LogP contribution in [0.1, 0.15) is 25.0 Å². The number of hydrogen-bond donors (Lipinski definition) is 2. The zero-order valence-electron chi connectivity index (χ0n) is 9.87. The number of rotatable bonds is 5. The number of aliphatic hydroxyl groups is 1. The minimum atomic E-state index is -0.852. The Morgan fingerprint density at radius 2 is 2.29 bits per heavy atom. The second-order valence-electron chi connectivity index (χ2n) is 3.63. The van der Waals surface area contributed by atoms with Crippen LogP contribution in [0.2, 0.25) is 0 Å². The van der Waals surface area contributed by atoms with E-state index in [0.717, 1.165) is 0 Å². The second-order valence-corrected chi connectivity index (χ2v) is 3.63. The molecule has 17 heavy (non-hydrogen) atoms. The van der Waals surface area contributed by atoms with Crippen LogP contribution in [0.15, 0.2) is 18.2 Å². The summed E-state index contributed by atoms with van der Waals surface area (Å²) in [6, 6.07) is 4.23. The molecule has 0 unspecified atom stereocenters. The molecule has 0 bridgehead atoms. The molecule has 0 saturated heterocycles. The van der Waals surface area contributed by atoms with Gasteiger partial charge in [0.2, 0.25) is 5.91 Å². The summed E-state index contributed by atoms with van der Waals surface area (Å²) in [4.78, 5) is 10.9. The predicted molar refractivity (Wildman–Crippen MR) is 61.2 cm³/mol. The minimum Gasteiger partial charge on any atom is -0.493 e. The van der Waals surface area contributed by atoms with Crippen LogP contribution >= 0.6 is 0 Å². The molecule has 94 valence electrons. The minimum absolute atomic E-state index is 0.133. The van der Waals surface area contributed by atoms with Gasteiger partial charge in [0.15, 0.2) is 0 Å². The smallest absolute Gasteiger partial charge is 0.223 e. The average molecular weight is 241 g/mol. The van der Waals surface area contributed by atoms with Crippen molar-refractivity contribution in [3.8, 4) is 5.75 Å². The van der Waals surface area contributed by atoms with E-state index in [2.05, 4.69) is 5.32 Å². The highest BCUT2D eigenvalue weighted by Crippen LogP contribution is 2.21. The number of carbonyl (C=O) groups excluding carboxylic acids is 1. The lowest BCUT2D eigenvalue weighted by Crippen LogP contribution is -2.20. The molecule has 0 fully saturated rings. The Bertz CT molecular complexity index is 393. The fourth-order valence-corrected chi connectivity index (χ4v) is 1.32. The summed E-state index contributed by atoms with van der Waals surface area (Å²) < 4.78 is 18.6. The summed E-state index contributed by atoms with van der Waals surface area (Å²) in [6.07, 6.45) is -0.633. The number of aliphatic hydroxyl groups excluding tert-OH is 1. The highest BCUT2D eigenvalue weighted by atomic mass is 19.1. The van der Waals surface area contributed by atoms with Gasteiger partial charge in [-0.05, 0) is 19.1 Å². The van der Waals surface area contributed by atoms with Crippen molar-refractivity contribution in [1.29, 1.82) is 0 Å². The molecule has 2 N–H and O–H groups in total. The van der Waals surface area contributed by atoms with Crippen molar-refractivity contribution in [1.82, 2.24) is 5.32 Å². The van der Waals surface area contributed by atoms with Gasteiger partial charge >= 0.3 is 0 Å². The van der Waals surface area contributed by atoms with E-state index in [4.69, 9.17) is 4.74 Å². The maximum Gasteiger partial charge on any atom is 0.223 e. The Balaban J connectivity index is 2.56. The lowest BCUT2D eigenvalue weighted by Gasteiger charge is -2.09. The van der Waals surface area contributed by atoms with Gasteiger partial charge in [-0.1, -0.05) is 0 Å². The summed E-state index contributed by atoms with van der Waals surface area (Å²) in [5.41, 5.74) is 0.226. The quantitative estimate of drug-likeness (QED) is 0.819. The van der Waals surface area contributed by atoms with Gasteiger partial charge in [0, 0.05) is 18.7 Å². The zero-order valence-corrected chi connectivity index (χ0v) is 9.87. The molecular weight excluding hydrogens is 225 g/mol. The molecule has 1 rings (SSSR count). The Hall–Kier alpha value is -1.62. The van der Waals surface area contributed by atoms with E-state index in [9.17, 15) is 14.3 Å². The number of benzene rings is 1. The molecule has 1 aromatic rings. The third kappa shape index (κ3) is 4.03. The van der Waals surface area contributed by atoms with Crippen molar-refractivity contribution in [2.75, 3.05) is 13.7 Å². The number of nitrogens with one attached hydrogen (secondary N) is 1. The van der Waals surface area contributed by atoms with E-state index in [0.29, 0.717) is 5.75 Å². The topological polar surface area (TPSA) is 58.6 Å². The van der Waals surface area contributed by atoms with Crippen LogP contribution in [0, 0.1) is 5.82 Å². The molecule has 0 aliphatic heterocycles. The number of ether oxygens (including phenoxy) is 1. The fraction of sp³-hybridized carbons (Fsp3) is 0.417. The molecule has 0 radical (unpaired) electrons. The molecule has 0 saturated carbocycles. The van der Waals surface area contributed by atoms with E-state index in [1.807, 2.05) is 0 Å². The Morgan fingerprint density at radius 3 is 2.82 bits per heavy atom. The van der Waals surface area contributed by atoms with Crippen molar-refractivity contribution in [3.63, 3.8) is 0 Å². The van der Waals surface area contributed by atoms with Crippen LogP contribution in [0.3, 0.4) is 0 Å². The standard InChI is InChI=1S/C12H16FNO3/c1-8(15)10-4-3-9(7-11(10)13)17-6-5-12(16)14-2/h3-4,7-8,15H,5-6H2,1-2H3,(H,14,16)/t8-/m1/s1. The summed E-state index contributed by atoms with van der Waals surface area (Å²) in [7, 11) is 1.54. The lowest BCUT2D eigenvalue weighted by atomic mass is 10.1. The SMILES string of the molecule is CNC(=O)CCOc1ccc([C@@H](C)O)c(F)c1. The molecule has 0 aromatic heterocycles. The summed E-state index contributed by atoms with van der Waals surface area (Å²) in [5.74, 6) is -0.306. The molecule has 1 aromatic carbocycles. The van der Waals surface area contributed by atoms with Crippen LogP contribution in [0.25, 0.3) is 0 Å². The molecule has 0 aliphatic carbocycles. The Morgan fingerprint density at radius 1 is 1.59 bits per heavy atom. The van der Waals surface area contributed by atoms with E-state index >= 15 is 0 Å². The zero-order chi connectivity index (χ0) is 12.8. The highest BCUT2D eigenvalue weighted by Gasteiger charge is 2.09. The van der Waals surface area contributed by atoms with Gasteiger partial charge in [-0.3, -0.25) is 4.79 Å². The van der Waals surface area contributed by atoms with Crippen LogP contribution < -0.4 is 10.1 Å². The van der Waals surface area contributed by atoms with Crippen LogP contribution in [0.4, 0.5) is 4.39 Å². The number of hydrogen-bond acceptors (Lipinski definition) is 3. The van der Waals surface area contributed by atoms with Crippen molar-refractivity contribution in [3.05, 3.63) is 29.6 Å². The van der Waals surface area contributed by atoms with E-state index in [1.54, 1.807) is 13.1 Å². The number of halogens is 1. The first-order chi connectivity index (χ1) is 8.04. The van der Waals surface area contributed by atoms with Crippen molar-refractivity contribution in [2.24, 2.45) is 0 Å². The van der Waals surface area contributed by atoms with Crippen LogP contribution in [0.5, 0.6) is 5.75 Å². The molecule has 0 aliphatic rings. The first kappa shape index (κ1) is 13.4. The van der Waals surface area contributed by atoms with Gasteiger partial charge in [-0.15, -0.1) is 0 Å². The number of carbonyl (C=O) groups is 1. The van der Waals surface area contributed by atoms with Gasteiger partial charge in [0.1, 0.15) is 11.6 Å². The third-order valence-corrected chi connectivity index (χ3v) is 2.30. The lowest BCUT2D eigenvalue weighted by molar-refractivity contribution is -0.121. The predicted octanol–water partition coefficient (Wildman–Crippen LogP) is 1.39. The maximum absolute atomic E-state index is 13.4. The van der Waals surface area contributed by atoms with E-state index in [-0.39, 0.29) is 24.5 Å². The molecule has 0 heterocycles. The molecular formula is C12H16FNO3. The Labute approximate surface area is 99.4 Å². The summed E-state index contributed by atoms with van der Waals surface area (Å²) in [6.45, 7) is 1.68. The van der Waals surface area contributed by atoms with Crippen molar-refractivity contribution >= 4 is 5.91 Å². The molecule has 1 atom stereocenters. The van der Waals surface area contributed by atoms with Crippen LogP contribution in [-0.2, 0) is 4.79 Å². The van der Waals surface area contributed by atoms with Gasteiger partial charge in [-0.2, -0.15) is 0 Å². The molecule has 4 nitrogen and oxygen atoms in total. The van der Waals surface area contributed by atoms with Crippen molar-refractivity contribution in [2.45, 2.75) is 19.4 Å². The maximum atomic E-state index is 13.4. The molecule has 1 amide bonds. The largest absolute Gasteiger partial charge is 0.493 e. The van der Waals surface area contributed by atoms with Gasteiger partial charge in [0.05, 0.1) is 19.1 Å². The van der Waals surface area contributed by atoms with Crippen molar-refractivity contribution < 1.29 is 19.0 Å². The summed E-state index contributed by atoms with van der Waals surface area (Å²) in [5, 5.41) is 11.7. The second kappa shape index (κ2) is 6.20. The van der Waals surface area contributed by atoms with E-state index < -0.39 is 11.9 Å². The molecule has 0 spiro atoms. The number of amides is 1. The summed E-state index contributed by atoms with van der Waals surface area (Å²) >= 11 is 0. The van der Waals surface area contributed by atoms with Crippen LogP contribution in [-0.4, -0.2) is 24.7 Å². The van der Waals surface area contributed by atoms with Gasteiger partial charge < -0.3 is 15.2 Å². The molecule has 5 heteroatoms.